The Bertz CT molecular complexity index is 364. The first kappa shape index (κ1) is 12.8. The van der Waals surface area contributed by atoms with Crippen molar-refractivity contribution in [3.05, 3.63) is 11.9 Å². The van der Waals surface area contributed by atoms with Crippen molar-refractivity contribution in [1.29, 1.82) is 0 Å². The normalized spacial score (nSPS) is 26.1. The van der Waals surface area contributed by atoms with Crippen molar-refractivity contribution in [1.82, 2.24) is 9.78 Å². The van der Waals surface area contributed by atoms with E-state index in [0.717, 1.165) is 24.4 Å². The Labute approximate surface area is 106 Å². The highest BCUT2D eigenvalue weighted by Crippen LogP contribution is 2.48. The Morgan fingerprint density at radius 1 is 1.71 bits per heavy atom. The molecular weight excluding hydrogens is 236 g/mol. The zero-order chi connectivity index (χ0) is 12.5. The van der Waals surface area contributed by atoms with Crippen LogP contribution in [-0.2, 0) is 6.54 Å². The molecule has 0 aliphatic carbocycles. The second kappa shape index (κ2) is 4.90. The molecule has 96 valence electrons. The van der Waals surface area contributed by atoms with Gasteiger partial charge in [-0.1, -0.05) is 0 Å². The Balaban J connectivity index is 2.34. The van der Waals surface area contributed by atoms with Crippen LogP contribution in [-0.4, -0.2) is 32.5 Å². The van der Waals surface area contributed by atoms with Crippen LogP contribution in [0.1, 0.15) is 38.5 Å². The molecule has 5 heteroatoms. The highest BCUT2D eigenvalue weighted by atomic mass is 32.2. The number of ether oxygens (including phenoxy) is 1. The Morgan fingerprint density at radius 3 is 3.00 bits per heavy atom. The highest BCUT2D eigenvalue weighted by molar-refractivity contribution is 8.00. The fraction of sp³-hybridized carbons (Fsp3) is 0.750. The summed E-state index contributed by atoms with van der Waals surface area (Å²) in [5.41, 5.74) is 0.812. The third-order valence-electron chi connectivity index (χ3n) is 3.45. The van der Waals surface area contributed by atoms with E-state index in [-0.39, 0.29) is 4.75 Å². The molecule has 2 atom stereocenters. The molecule has 2 rings (SSSR count). The monoisotopic (exact) mass is 256 g/mol. The summed E-state index contributed by atoms with van der Waals surface area (Å²) < 4.78 is 7.02. The van der Waals surface area contributed by atoms with Gasteiger partial charge in [-0.3, -0.25) is 4.68 Å². The first-order chi connectivity index (χ1) is 8.12. The molecule has 1 aromatic rings. The van der Waals surface area contributed by atoms with Gasteiger partial charge in [-0.05, 0) is 32.4 Å². The predicted molar refractivity (Wildman–Crippen MR) is 69.5 cm³/mol. The van der Waals surface area contributed by atoms with Crippen LogP contribution in [0.3, 0.4) is 0 Å². The lowest BCUT2D eigenvalue weighted by Crippen LogP contribution is -2.28. The number of thioether (sulfide) groups is 1. The third-order valence-corrected chi connectivity index (χ3v) is 5.03. The number of rotatable bonds is 4. The van der Waals surface area contributed by atoms with Crippen LogP contribution in [0, 0.1) is 0 Å². The molecule has 17 heavy (non-hydrogen) atoms. The molecule has 0 bridgehead atoms. The summed E-state index contributed by atoms with van der Waals surface area (Å²) in [5, 5.41) is 14.9. The molecule has 1 aromatic heterocycles. The molecule has 0 amide bonds. The van der Waals surface area contributed by atoms with Crippen molar-refractivity contribution in [2.75, 3.05) is 12.9 Å². The number of hydrogen-bond donors (Lipinski definition) is 1. The van der Waals surface area contributed by atoms with Crippen LogP contribution in [0.15, 0.2) is 6.20 Å². The number of aryl methyl sites for hydroxylation is 1. The summed E-state index contributed by atoms with van der Waals surface area (Å²) in [6.45, 7) is 4.89. The van der Waals surface area contributed by atoms with Crippen LogP contribution in [0.5, 0.6) is 5.75 Å². The molecule has 2 heterocycles. The van der Waals surface area contributed by atoms with Gasteiger partial charge in [0.1, 0.15) is 11.8 Å². The maximum absolute atomic E-state index is 10.6. The minimum absolute atomic E-state index is 0.111. The molecule has 0 spiro atoms. The minimum atomic E-state index is -0.521. The minimum Gasteiger partial charge on any atom is -0.493 e. The molecule has 0 saturated carbocycles. The predicted octanol–water partition coefficient (Wildman–Crippen LogP) is 2.23. The zero-order valence-corrected chi connectivity index (χ0v) is 11.5. The number of aliphatic hydroxyl groups is 1. The van der Waals surface area contributed by atoms with E-state index in [0.29, 0.717) is 5.75 Å². The van der Waals surface area contributed by atoms with E-state index in [1.807, 2.05) is 23.4 Å². The van der Waals surface area contributed by atoms with E-state index < -0.39 is 6.10 Å². The van der Waals surface area contributed by atoms with E-state index in [4.69, 9.17) is 4.74 Å². The lowest BCUT2D eigenvalue weighted by Gasteiger charge is -2.29. The molecule has 2 unspecified atom stereocenters. The number of aromatic nitrogens is 2. The van der Waals surface area contributed by atoms with Crippen LogP contribution < -0.4 is 4.74 Å². The molecule has 4 nitrogen and oxygen atoms in total. The van der Waals surface area contributed by atoms with Crippen LogP contribution in [0.25, 0.3) is 0 Å². The lowest BCUT2D eigenvalue weighted by molar-refractivity contribution is 0.122. The summed E-state index contributed by atoms with van der Waals surface area (Å²) >= 11 is 1.84. The van der Waals surface area contributed by atoms with Crippen molar-refractivity contribution in [3.63, 3.8) is 0 Å². The molecule has 1 aliphatic rings. The third kappa shape index (κ3) is 2.18. The Hall–Kier alpha value is -0.680. The highest BCUT2D eigenvalue weighted by Gasteiger charge is 2.40. The average molecular weight is 256 g/mol. The fourth-order valence-electron chi connectivity index (χ4n) is 2.37. The molecule has 1 fully saturated rings. The quantitative estimate of drug-likeness (QED) is 0.897. The second-order valence-corrected chi connectivity index (χ2v) is 6.21. The lowest BCUT2D eigenvalue weighted by atomic mass is 9.96. The number of aliphatic hydroxyl groups excluding tert-OH is 1. The van der Waals surface area contributed by atoms with Crippen LogP contribution >= 0.6 is 11.8 Å². The van der Waals surface area contributed by atoms with Crippen molar-refractivity contribution in [3.8, 4) is 5.75 Å². The van der Waals surface area contributed by atoms with Gasteiger partial charge in [0.15, 0.2) is 5.75 Å². The average Bonchev–Trinajstić information content (AvgIpc) is 2.94. The van der Waals surface area contributed by atoms with Crippen molar-refractivity contribution in [2.45, 2.75) is 44.1 Å². The summed E-state index contributed by atoms with van der Waals surface area (Å²) in [7, 11) is 1.62. The molecule has 0 aromatic carbocycles. The largest absolute Gasteiger partial charge is 0.493 e. The van der Waals surface area contributed by atoms with Gasteiger partial charge in [-0.25, -0.2) is 0 Å². The van der Waals surface area contributed by atoms with Crippen LogP contribution in [0.4, 0.5) is 0 Å². The SMILES string of the molecule is CCn1ncc(OC)c1C(O)C1(C)CCCS1. The second-order valence-electron chi connectivity index (χ2n) is 4.58. The Kier molecular flexibility index (Phi) is 3.68. The fourth-order valence-corrected chi connectivity index (χ4v) is 3.68. The molecule has 1 saturated heterocycles. The smallest absolute Gasteiger partial charge is 0.162 e. The summed E-state index contributed by atoms with van der Waals surface area (Å²) in [5.74, 6) is 1.81. The molecule has 0 radical (unpaired) electrons. The van der Waals surface area contributed by atoms with Gasteiger partial charge in [-0.2, -0.15) is 16.9 Å². The Morgan fingerprint density at radius 2 is 2.47 bits per heavy atom. The molecule has 1 aliphatic heterocycles. The summed E-state index contributed by atoms with van der Waals surface area (Å²) in [6, 6.07) is 0. The maximum Gasteiger partial charge on any atom is 0.162 e. The van der Waals surface area contributed by atoms with Gasteiger partial charge in [0.2, 0.25) is 0 Å². The maximum atomic E-state index is 10.6. The van der Waals surface area contributed by atoms with E-state index in [1.54, 1.807) is 13.3 Å². The van der Waals surface area contributed by atoms with Gasteiger partial charge in [-0.15, -0.1) is 0 Å². The molecular formula is C12H20N2O2S. The zero-order valence-electron chi connectivity index (χ0n) is 10.6. The van der Waals surface area contributed by atoms with E-state index in [1.165, 1.54) is 6.42 Å². The number of methoxy groups -OCH3 is 1. The topological polar surface area (TPSA) is 47.3 Å². The van der Waals surface area contributed by atoms with Crippen molar-refractivity contribution < 1.29 is 9.84 Å². The van der Waals surface area contributed by atoms with Gasteiger partial charge in [0, 0.05) is 11.3 Å². The summed E-state index contributed by atoms with van der Waals surface area (Å²) in [6.07, 6.45) is 3.37. The van der Waals surface area contributed by atoms with Gasteiger partial charge in [0.25, 0.3) is 0 Å². The van der Waals surface area contributed by atoms with E-state index in [9.17, 15) is 5.11 Å². The van der Waals surface area contributed by atoms with Gasteiger partial charge in [0.05, 0.1) is 13.3 Å². The standard InChI is InChI=1S/C12H20N2O2S/c1-4-14-10(9(16-3)8-13-14)11(15)12(2)6-5-7-17-12/h8,11,15H,4-7H2,1-3H3. The van der Waals surface area contributed by atoms with E-state index in [2.05, 4.69) is 12.0 Å². The molecule has 1 N–H and O–H groups in total. The van der Waals surface area contributed by atoms with Gasteiger partial charge < -0.3 is 9.84 Å². The summed E-state index contributed by atoms with van der Waals surface area (Å²) in [4.78, 5) is 0. The first-order valence-electron chi connectivity index (χ1n) is 6.04. The van der Waals surface area contributed by atoms with E-state index >= 15 is 0 Å². The van der Waals surface area contributed by atoms with Crippen molar-refractivity contribution >= 4 is 11.8 Å². The first-order valence-corrected chi connectivity index (χ1v) is 7.02. The number of hydrogen-bond acceptors (Lipinski definition) is 4. The van der Waals surface area contributed by atoms with Gasteiger partial charge >= 0.3 is 0 Å². The van der Waals surface area contributed by atoms with Crippen LogP contribution in [0.2, 0.25) is 0 Å². The van der Waals surface area contributed by atoms with Crippen molar-refractivity contribution in [2.24, 2.45) is 0 Å². The number of nitrogens with zero attached hydrogens (tertiary/aromatic N) is 2.